The monoisotopic (exact) mass is 215 g/mol. The highest BCUT2D eigenvalue weighted by atomic mass is 19.2. The molecule has 82 valence electrons. The van der Waals surface area contributed by atoms with E-state index in [1.165, 1.54) is 0 Å². The molecule has 0 spiro atoms. The van der Waals surface area contributed by atoms with E-state index in [-0.39, 0.29) is 11.5 Å². The number of hydrogen-bond donors (Lipinski definition) is 1. The number of rotatable bonds is 2. The molecule has 2 N–H and O–H groups in total. The molecule has 0 heterocycles. The van der Waals surface area contributed by atoms with Gasteiger partial charge in [0, 0.05) is 17.7 Å². The molecule has 0 saturated heterocycles. The van der Waals surface area contributed by atoms with Gasteiger partial charge in [0.1, 0.15) is 5.82 Å². The topological polar surface area (TPSA) is 26.0 Å². The largest absolute Gasteiger partial charge is 0.324 e. The molecule has 0 aliphatic heterocycles. The number of benzene rings is 1. The summed E-state index contributed by atoms with van der Waals surface area (Å²) < 4.78 is 38.9. The molecule has 1 atom stereocenters. The van der Waals surface area contributed by atoms with Crippen molar-refractivity contribution in [1.82, 2.24) is 0 Å². The first-order valence-corrected chi connectivity index (χ1v) is 4.99. The van der Waals surface area contributed by atoms with Crippen molar-refractivity contribution < 1.29 is 13.2 Å². The van der Waals surface area contributed by atoms with Gasteiger partial charge in [-0.05, 0) is 24.8 Å². The minimum absolute atomic E-state index is 0.0820. The summed E-state index contributed by atoms with van der Waals surface area (Å²) in [5, 5.41) is 0. The minimum Gasteiger partial charge on any atom is -0.324 e. The van der Waals surface area contributed by atoms with Crippen LogP contribution in [0.15, 0.2) is 12.1 Å². The lowest BCUT2D eigenvalue weighted by Gasteiger charge is -2.31. The molecule has 1 nitrogen and oxygen atoms in total. The predicted octanol–water partition coefficient (Wildman–Crippen LogP) is 2.90. The van der Waals surface area contributed by atoms with E-state index in [9.17, 15) is 13.2 Å². The van der Waals surface area contributed by atoms with Crippen molar-refractivity contribution in [2.24, 2.45) is 11.7 Å². The molecular formula is C11H12F3N. The quantitative estimate of drug-likeness (QED) is 0.754. The van der Waals surface area contributed by atoms with Crippen molar-refractivity contribution >= 4 is 0 Å². The zero-order valence-electron chi connectivity index (χ0n) is 8.14. The van der Waals surface area contributed by atoms with Gasteiger partial charge in [-0.1, -0.05) is 6.42 Å². The summed E-state index contributed by atoms with van der Waals surface area (Å²) in [7, 11) is 0. The van der Waals surface area contributed by atoms with E-state index >= 15 is 0 Å². The highest BCUT2D eigenvalue weighted by molar-refractivity contribution is 5.24. The van der Waals surface area contributed by atoms with Crippen LogP contribution in [0.25, 0.3) is 0 Å². The summed E-state index contributed by atoms with van der Waals surface area (Å²) in [6.45, 7) is 0. The number of nitrogens with two attached hydrogens (primary N) is 1. The van der Waals surface area contributed by atoms with Gasteiger partial charge in [0.25, 0.3) is 0 Å². The fourth-order valence-corrected chi connectivity index (χ4v) is 1.85. The fraction of sp³-hybridized carbons (Fsp3) is 0.455. The molecule has 0 radical (unpaired) electrons. The average molecular weight is 215 g/mol. The van der Waals surface area contributed by atoms with Crippen LogP contribution in [0.5, 0.6) is 0 Å². The lowest BCUT2D eigenvalue weighted by molar-refractivity contribution is 0.259. The van der Waals surface area contributed by atoms with Gasteiger partial charge < -0.3 is 5.73 Å². The third-order valence-corrected chi connectivity index (χ3v) is 3.06. The van der Waals surface area contributed by atoms with Gasteiger partial charge in [0.05, 0.1) is 0 Å². The molecule has 1 saturated carbocycles. The Bertz CT molecular complexity index is 374. The zero-order chi connectivity index (χ0) is 11.0. The van der Waals surface area contributed by atoms with Crippen LogP contribution >= 0.6 is 0 Å². The smallest absolute Gasteiger partial charge is 0.161 e. The molecule has 1 aromatic rings. The van der Waals surface area contributed by atoms with Gasteiger partial charge in [0.2, 0.25) is 0 Å². The molecule has 1 fully saturated rings. The van der Waals surface area contributed by atoms with Crippen molar-refractivity contribution in [3.8, 4) is 0 Å². The van der Waals surface area contributed by atoms with Gasteiger partial charge >= 0.3 is 0 Å². The summed E-state index contributed by atoms with van der Waals surface area (Å²) >= 11 is 0. The standard InChI is InChI=1S/C11H12F3N/c12-8-5-10(14)9(13)4-7(8)11(15)6-2-1-3-6/h4-6,11H,1-3,15H2. The van der Waals surface area contributed by atoms with Crippen molar-refractivity contribution in [2.75, 3.05) is 0 Å². The molecule has 0 aromatic heterocycles. The molecule has 2 rings (SSSR count). The molecule has 15 heavy (non-hydrogen) atoms. The summed E-state index contributed by atoms with van der Waals surface area (Å²) in [5.41, 5.74) is 5.87. The molecule has 1 aliphatic carbocycles. The third-order valence-electron chi connectivity index (χ3n) is 3.06. The van der Waals surface area contributed by atoms with E-state index in [2.05, 4.69) is 0 Å². The first-order chi connectivity index (χ1) is 7.09. The van der Waals surface area contributed by atoms with Crippen LogP contribution in [0.2, 0.25) is 0 Å². The third kappa shape index (κ3) is 1.86. The normalized spacial score (nSPS) is 18.7. The van der Waals surface area contributed by atoms with Gasteiger partial charge in [-0.2, -0.15) is 0 Å². The van der Waals surface area contributed by atoms with E-state index in [1.807, 2.05) is 0 Å². The lowest BCUT2D eigenvalue weighted by Crippen LogP contribution is -2.27. The van der Waals surface area contributed by atoms with Crippen LogP contribution in [-0.2, 0) is 0 Å². The molecule has 1 aliphatic rings. The molecule has 1 aromatic carbocycles. The summed E-state index contributed by atoms with van der Waals surface area (Å²) in [4.78, 5) is 0. The Morgan fingerprint density at radius 2 is 1.67 bits per heavy atom. The van der Waals surface area contributed by atoms with E-state index in [0.29, 0.717) is 6.07 Å². The Hall–Kier alpha value is -1.03. The Morgan fingerprint density at radius 1 is 1.07 bits per heavy atom. The summed E-state index contributed by atoms with van der Waals surface area (Å²) in [6.07, 6.45) is 2.93. The van der Waals surface area contributed by atoms with Crippen LogP contribution in [0.4, 0.5) is 13.2 Å². The van der Waals surface area contributed by atoms with Crippen molar-refractivity contribution in [2.45, 2.75) is 25.3 Å². The van der Waals surface area contributed by atoms with Crippen LogP contribution in [0.1, 0.15) is 30.9 Å². The highest BCUT2D eigenvalue weighted by Crippen LogP contribution is 2.37. The van der Waals surface area contributed by atoms with Crippen LogP contribution in [0, 0.1) is 23.4 Å². The Kier molecular flexibility index (Phi) is 2.69. The lowest BCUT2D eigenvalue weighted by atomic mass is 9.77. The second kappa shape index (κ2) is 3.85. The van der Waals surface area contributed by atoms with Crippen LogP contribution in [0.3, 0.4) is 0 Å². The second-order valence-corrected chi connectivity index (χ2v) is 4.00. The first kappa shape index (κ1) is 10.5. The molecule has 4 heteroatoms. The molecule has 0 bridgehead atoms. The minimum atomic E-state index is -1.17. The maximum absolute atomic E-state index is 13.3. The maximum Gasteiger partial charge on any atom is 0.161 e. The van der Waals surface area contributed by atoms with Gasteiger partial charge in [-0.3, -0.25) is 0 Å². The second-order valence-electron chi connectivity index (χ2n) is 4.00. The first-order valence-electron chi connectivity index (χ1n) is 4.99. The van der Waals surface area contributed by atoms with Crippen LogP contribution < -0.4 is 5.73 Å². The van der Waals surface area contributed by atoms with E-state index in [4.69, 9.17) is 5.73 Å². The highest BCUT2D eigenvalue weighted by Gasteiger charge is 2.28. The van der Waals surface area contributed by atoms with Gasteiger partial charge in [0.15, 0.2) is 11.6 Å². The zero-order valence-corrected chi connectivity index (χ0v) is 8.14. The van der Waals surface area contributed by atoms with Gasteiger partial charge in [-0.15, -0.1) is 0 Å². The molecule has 1 unspecified atom stereocenters. The predicted molar refractivity (Wildman–Crippen MR) is 50.6 cm³/mol. The van der Waals surface area contributed by atoms with E-state index < -0.39 is 23.5 Å². The van der Waals surface area contributed by atoms with Crippen molar-refractivity contribution in [3.63, 3.8) is 0 Å². The van der Waals surface area contributed by atoms with E-state index in [1.54, 1.807) is 0 Å². The Labute approximate surface area is 86.1 Å². The SMILES string of the molecule is NC(c1cc(F)c(F)cc1F)C1CCC1. The molecular weight excluding hydrogens is 203 g/mol. The Morgan fingerprint density at radius 3 is 2.20 bits per heavy atom. The van der Waals surface area contributed by atoms with Crippen molar-refractivity contribution in [3.05, 3.63) is 35.1 Å². The fourth-order valence-electron chi connectivity index (χ4n) is 1.85. The summed E-state index contributed by atoms with van der Waals surface area (Å²) in [6, 6.07) is 0.908. The van der Waals surface area contributed by atoms with Crippen molar-refractivity contribution in [1.29, 1.82) is 0 Å². The Balaban J connectivity index is 2.30. The summed E-state index contributed by atoms with van der Waals surface area (Å²) in [5.74, 6) is -2.77. The number of halogens is 3. The van der Waals surface area contributed by atoms with Crippen LogP contribution in [-0.4, -0.2) is 0 Å². The van der Waals surface area contributed by atoms with Gasteiger partial charge in [-0.25, -0.2) is 13.2 Å². The average Bonchev–Trinajstić information content (AvgIpc) is 2.08. The molecule has 0 amide bonds. The van der Waals surface area contributed by atoms with E-state index in [0.717, 1.165) is 25.3 Å². The maximum atomic E-state index is 13.3. The number of hydrogen-bond acceptors (Lipinski definition) is 1.